The predicted octanol–water partition coefficient (Wildman–Crippen LogP) is 2.13. The third kappa shape index (κ3) is 3.67. The summed E-state index contributed by atoms with van der Waals surface area (Å²) in [6, 6.07) is 4.40. The molecule has 0 bridgehead atoms. The van der Waals surface area contributed by atoms with Crippen LogP contribution in [0.25, 0.3) is 0 Å². The van der Waals surface area contributed by atoms with Gasteiger partial charge in [0.2, 0.25) is 0 Å². The summed E-state index contributed by atoms with van der Waals surface area (Å²) < 4.78 is 5.21. The highest BCUT2D eigenvalue weighted by Gasteiger charge is 2.32. The molecule has 19 heavy (non-hydrogen) atoms. The van der Waals surface area contributed by atoms with Crippen LogP contribution in [0.2, 0.25) is 0 Å². The van der Waals surface area contributed by atoms with Gasteiger partial charge in [-0.1, -0.05) is 0 Å². The number of aryl methyl sites for hydroxylation is 1. The Morgan fingerprint density at radius 2 is 2.21 bits per heavy atom. The first-order valence-corrected chi connectivity index (χ1v) is 6.99. The van der Waals surface area contributed by atoms with Crippen LogP contribution in [0.15, 0.2) is 12.1 Å². The summed E-state index contributed by atoms with van der Waals surface area (Å²) in [7, 11) is 1.72. The molecule has 1 heterocycles. The number of aliphatic hydroxyl groups excluding tert-OH is 1. The maximum Gasteiger partial charge on any atom is 0.129 e. The summed E-state index contributed by atoms with van der Waals surface area (Å²) in [5.74, 6) is 1.73. The first kappa shape index (κ1) is 14.3. The highest BCUT2D eigenvalue weighted by atomic mass is 16.5. The van der Waals surface area contributed by atoms with Crippen LogP contribution < -0.4 is 4.90 Å². The fourth-order valence-electron chi connectivity index (χ4n) is 2.51. The summed E-state index contributed by atoms with van der Waals surface area (Å²) in [4.78, 5) is 6.94. The zero-order chi connectivity index (χ0) is 13.8. The van der Waals surface area contributed by atoms with Crippen LogP contribution >= 0.6 is 0 Å². The van der Waals surface area contributed by atoms with Gasteiger partial charge in [-0.2, -0.15) is 0 Å². The molecular formula is C15H24N2O2. The Balaban J connectivity index is 2.22. The maximum absolute atomic E-state index is 9.33. The van der Waals surface area contributed by atoms with E-state index in [1.54, 1.807) is 7.11 Å². The molecule has 4 heteroatoms. The lowest BCUT2D eigenvalue weighted by molar-refractivity contribution is 0.202. The molecule has 0 aromatic carbocycles. The molecule has 0 amide bonds. The van der Waals surface area contributed by atoms with E-state index < -0.39 is 0 Å². The number of aromatic nitrogens is 1. The van der Waals surface area contributed by atoms with Crippen molar-refractivity contribution in [2.24, 2.45) is 5.92 Å². The van der Waals surface area contributed by atoms with Crippen LogP contribution in [0.3, 0.4) is 0 Å². The Bertz CT molecular complexity index is 419. The van der Waals surface area contributed by atoms with Crippen molar-refractivity contribution in [3.8, 4) is 0 Å². The number of hydrogen-bond donors (Lipinski definition) is 1. The molecule has 0 aliphatic heterocycles. The van der Waals surface area contributed by atoms with Crippen LogP contribution in [0, 0.1) is 12.8 Å². The van der Waals surface area contributed by atoms with E-state index in [9.17, 15) is 5.11 Å². The standard InChI is InChI=1S/C15H24N2O2/c1-11-8-13(10-18)9-15(16-11)17(6-7-19-3)12(2)14-4-5-14/h8-9,12,14,18H,4-7,10H2,1-3H3. The SMILES string of the molecule is COCCN(c1cc(CO)cc(C)n1)C(C)C1CC1. The molecule has 1 atom stereocenters. The average molecular weight is 264 g/mol. The Morgan fingerprint density at radius 1 is 1.47 bits per heavy atom. The number of pyridine rings is 1. The summed E-state index contributed by atoms with van der Waals surface area (Å²) in [6.07, 6.45) is 2.62. The third-order valence-corrected chi connectivity index (χ3v) is 3.81. The minimum absolute atomic E-state index is 0.0618. The molecule has 0 radical (unpaired) electrons. The van der Waals surface area contributed by atoms with Gasteiger partial charge >= 0.3 is 0 Å². The zero-order valence-corrected chi connectivity index (χ0v) is 12.1. The van der Waals surface area contributed by atoms with Crippen LogP contribution in [0.4, 0.5) is 5.82 Å². The average Bonchev–Trinajstić information content (AvgIpc) is 3.22. The van der Waals surface area contributed by atoms with Crippen LogP contribution in [-0.2, 0) is 11.3 Å². The van der Waals surface area contributed by atoms with E-state index in [-0.39, 0.29) is 6.61 Å². The highest BCUT2D eigenvalue weighted by molar-refractivity contribution is 5.44. The van der Waals surface area contributed by atoms with Crippen LogP contribution in [0.1, 0.15) is 31.0 Å². The Kier molecular flexibility index (Phi) is 4.77. The van der Waals surface area contributed by atoms with Gasteiger partial charge < -0.3 is 14.7 Å². The Labute approximate surface area is 115 Å². The lowest BCUT2D eigenvalue weighted by Crippen LogP contribution is -2.38. The number of ether oxygens (including phenoxy) is 1. The van der Waals surface area contributed by atoms with Gasteiger partial charge in [0.15, 0.2) is 0 Å². The first-order valence-electron chi connectivity index (χ1n) is 6.99. The predicted molar refractivity (Wildman–Crippen MR) is 76.3 cm³/mol. The van der Waals surface area contributed by atoms with Crippen molar-refractivity contribution in [3.05, 3.63) is 23.4 Å². The third-order valence-electron chi connectivity index (χ3n) is 3.81. The van der Waals surface area contributed by atoms with Crippen LogP contribution in [-0.4, -0.2) is 36.4 Å². The van der Waals surface area contributed by atoms with E-state index in [4.69, 9.17) is 4.74 Å². The van der Waals surface area contributed by atoms with Crippen molar-refractivity contribution >= 4 is 5.82 Å². The fourth-order valence-corrected chi connectivity index (χ4v) is 2.51. The smallest absolute Gasteiger partial charge is 0.129 e. The molecule has 2 rings (SSSR count). The fraction of sp³-hybridized carbons (Fsp3) is 0.667. The number of aliphatic hydroxyl groups is 1. The van der Waals surface area contributed by atoms with Crippen molar-refractivity contribution in [3.63, 3.8) is 0 Å². The second-order valence-electron chi connectivity index (χ2n) is 5.40. The quantitative estimate of drug-likeness (QED) is 0.819. The number of anilines is 1. The molecule has 1 N–H and O–H groups in total. The zero-order valence-electron chi connectivity index (χ0n) is 12.1. The van der Waals surface area contributed by atoms with E-state index in [0.717, 1.165) is 29.5 Å². The summed E-state index contributed by atoms with van der Waals surface area (Å²) in [6.45, 7) is 5.83. The van der Waals surface area contributed by atoms with Gasteiger partial charge in [-0.3, -0.25) is 0 Å². The molecule has 1 aromatic heterocycles. The molecule has 1 fully saturated rings. The van der Waals surface area contributed by atoms with Gasteiger partial charge in [0.25, 0.3) is 0 Å². The molecule has 1 aliphatic carbocycles. The summed E-state index contributed by atoms with van der Waals surface area (Å²) >= 11 is 0. The largest absolute Gasteiger partial charge is 0.392 e. The molecule has 0 saturated heterocycles. The molecule has 0 spiro atoms. The number of rotatable bonds is 7. The number of nitrogens with zero attached hydrogens (tertiary/aromatic N) is 2. The van der Waals surface area contributed by atoms with Crippen molar-refractivity contribution in [1.29, 1.82) is 0 Å². The lowest BCUT2D eigenvalue weighted by atomic mass is 10.1. The van der Waals surface area contributed by atoms with Gasteiger partial charge in [-0.05, 0) is 50.3 Å². The molecule has 1 aliphatic rings. The minimum atomic E-state index is 0.0618. The van der Waals surface area contributed by atoms with E-state index >= 15 is 0 Å². The Hall–Kier alpha value is -1.13. The maximum atomic E-state index is 9.33. The topological polar surface area (TPSA) is 45.6 Å². The molecule has 4 nitrogen and oxygen atoms in total. The monoisotopic (exact) mass is 264 g/mol. The van der Waals surface area contributed by atoms with Crippen molar-refractivity contribution in [2.45, 2.75) is 39.3 Å². The minimum Gasteiger partial charge on any atom is -0.392 e. The van der Waals surface area contributed by atoms with Crippen molar-refractivity contribution < 1.29 is 9.84 Å². The van der Waals surface area contributed by atoms with E-state index in [1.165, 1.54) is 12.8 Å². The normalized spacial score (nSPS) is 16.4. The Morgan fingerprint density at radius 3 is 2.79 bits per heavy atom. The molecule has 1 unspecified atom stereocenters. The molecular weight excluding hydrogens is 240 g/mol. The molecule has 106 valence electrons. The van der Waals surface area contributed by atoms with E-state index in [0.29, 0.717) is 12.6 Å². The lowest BCUT2D eigenvalue weighted by Gasteiger charge is -2.31. The van der Waals surface area contributed by atoms with Crippen molar-refractivity contribution in [1.82, 2.24) is 4.98 Å². The van der Waals surface area contributed by atoms with Gasteiger partial charge in [0.05, 0.1) is 13.2 Å². The van der Waals surface area contributed by atoms with Gasteiger partial charge in [-0.15, -0.1) is 0 Å². The molecule has 1 aromatic rings. The van der Waals surface area contributed by atoms with Gasteiger partial charge in [-0.25, -0.2) is 4.98 Å². The van der Waals surface area contributed by atoms with Crippen molar-refractivity contribution in [2.75, 3.05) is 25.2 Å². The second kappa shape index (κ2) is 6.35. The summed E-state index contributed by atoms with van der Waals surface area (Å²) in [5.41, 5.74) is 1.87. The van der Waals surface area contributed by atoms with E-state index in [2.05, 4.69) is 16.8 Å². The van der Waals surface area contributed by atoms with Gasteiger partial charge in [0, 0.05) is 25.4 Å². The second-order valence-corrected chi connectivity index (χ2v) is 5.40. The first-order chi connectivity index (χ1) is 9.15. The number of methoxy groups -OCH3 is 1. The highest BCUT2D eigenvalue weighted by Crippen LogP contribution is 2.36. The summed E-state index contributed by atoms with van der Waals surface area (Å²) in [5, 5.41) is 9.33. The molecule has 1 saturated carbocycles. The van der Waals surface area contributed by atoms with Crippen LogP contribution in [0.5, 0.6) is 0 Å². The van der Waals surface area contributed by atoms with E-state index in [1.807, 2.05) is 19.1 Å². The number of hydrogen-bond acceptors (Lipinski definition) is 4. The van der Waals surface area contributed by atoms with Gasteiger partial charge in [0.1, 0.15) is 5.82 Å².